The monoisotopic (exact) mass is 237 g/mol. The van der Waals surface area contributed by atoms with Gasteiger partial charge < -0.3 is 5.11 Å². The molecule has 0 aromatic carbocycles. The van der Waals surface area contributed by atoms with Gasteiger partial charge in [0.15, 0.2) is 15.0 Å². The Balaban J connectivity index is 1.98. The molecule has 0 unspecified atom stereocenters. The Morgan fingerprint density at radius 3 is 3.00 bits per heavy atom. The minimum Gasteiger partial charge on any atom is -0.380 e. The molecule has 2 aliphatic rings. The van der Waals surface area contributed by atoms with Gasteiger partial charge in [-0.2, -0.15) is 0 Å². The number of aliphatic imine (C=N–C) groups is 1. The second-order valence-corrected chi connectivity index (χ2v) is 6.58. The molecule has 0 aliphatic carbocycles. The average molecular weight is 237 g/mol. The van der Waals surface area contributed by atoms with Gasteiger partial charge in [-0.3, -0.25) is 10.4 Å². The van der Waals surface area contributed by atoms with Crippen LogP contribution in [-0.4, -0.2) is 48.2 Å². The highest BCUT2D eigenvalue weighted by molar-refractivity contribution is 8.15. The maximum absolute atomic E-state index is 11.2. The number of nitrogens with one attached hydrogen (secondary N) is 2. The van der Waals surface area contributed by atoms with Crippen LogP contribution in [0.4, 0.5) is 0 Å². The Kier molecular flexibility index (Phi) is 2.69. The third kappa shape index (κ3) is 2.02. The highest BCUT2D eigenvalue weighted by atomic mass is 32.2. The van der Waals surface area contributed by atoms with E-state index in [0.29, 0.717) is 5.17 Å². The van der Waals surface area contributed by atoms with Crippen LogP contribution < -0.4 is 10.9 Å². The molecule has 80 valence electrons. The van der Waals surface area contributed by atoms with Crippen LogP contribution in [0.5, 0.6) is 0 Å². The van der Waals surface area contributed by atoms with Crippen molar-refractivity contribution in [2.75, 3.05) is 18.2 Å². The quantitative estimate of drug-likeness (QED) is 0.392. The number of amidine groups is 1. The normalized spacial score (nSPS) is 33.9. The summed E-state index contributed by atoms with van der Waals surface area (Å²) in [6.45, 7) is -0.187. The molecule has 2 atom stereocenters. The van der Waals surface area contributed by atoms with E-state index >= 15 is 0 Å². The van der Waals surface area contributed by atoms with E-state index in [4.69, 9.17) is 5.11 Å². The second kappa shape index (κ2) is 3.69. The van der Waals surface area contributed by atoms with Crippen LogP contribution in [0, 0.1) is 0 Å². The summed E-state index contributed by atoms with van der Waals surface area (Å²) in [4.78, 5) is 4.20. The van der Waals surface area contributed by atoms with E-state index in [2.05, 4.69) is 15.8 Å². The molecule has 0 radical (unpaired) electrons. The fraction of sp³-hybridized carbons (Fsp3) is 0.833. The zero-order valence-electron chi connectivity index (χ0n) is 7.30. The summed E-state index contributed by atoms with van der Waals surface area (Å²) in [5.74, 6) is 0.352. The molecule has 0 amide bonds. The molecule has 0 aromatic rings. The van der Waals surface area contributed by atoms with E-state index in [1.807, 2.05) is 0 Å². The first-order valence-corrected chi connectivity index (χ1v) is 6.85. The van der Waals surface area contributed by atoms with Gasteiger partial charge >= 0.3 is 0 Å². The third-order valence-corrected chi connectivity index (χ3v) is 5.23. The van der Waals surface area contributed by atoms with Crippen molar-refractivity contribution >= 4 is 26.8 Å². The van der Waals surface area contributed by atoms with E-state index in [-0.39, 0.29) is 29.5 Å². The largest absolute Gasteiger partial charge is 0.380 e. The van der Waals surface area contributed by atoms with Gasteiger partial charge in [-0.15, -0.1) is 0 Å². The maximum atomic E-state index is 11.2. The number of hydrazine groups is 1. The lowest BCUT2D eigenvalue weighted by atomic mass is 10.3. The van der Waals surface area contributed by atoms with Crippen molar-refractivity contribution in [2.24, 2.45) is 4.99 Å². The predicted octanol–water partition coefficient (Wildman–Crippen LogP) is -1.70. The van der Waals surface area contributed by atoms with Crippen molar-refractivity contribution in [3.63, 3.8) is 0 Å². The Bertz CT molecular complexity index is 353. The molecule has 2 rings (SSSR count). The lowest BCUT2D eigenvalue weighted by Gasteiger charge is -2.05. The van der Waals surface area contributed by atoms with Crippen LogP contribution in [0.15, 0.2) is 4.99 Å². The number of hydrogen-bond donors (Lipinski definition) is 3. The highest BCUT2D eigenvalue weighted by Crippen LogP contribution is 2.33. The second-order valence-electron chi connectivity index (χ2n) is 3.19. The molecule has 2 heterocycles. The SMILES string of the molecule is O=S1(=O)C[C@@H]2N=C(NNCO)S[C@@H]2C1. The van der Waals surface area contributed by atoms with Crippen molar-refractivity contribution in [3.05, 3.63) is 0 Å². The smallest absolute Gasteiger partial charge is 0.171 e. The lowest BCUT2D eigenvalue weighted by molar-refractivity contribution is 0.252. The maximum Gasteiger partial charge on any atom is 0.171 e. The van der Waals surface area contributed by atoms with Gasteiger partial charge in [0.05, 0.1) is 17.5 Å². The molecule has 14 heavy (non-hydrogen) atoms. The molecule has 3 N–H and O–H groups in total. The summed E-state index contributed by atoms with van der Waals surface area (Å²) in [6.07, 6.45) is 0. The van der Waals surface area contributed by atoms with Crippen LogP contribution in [-0.2, 0) is 9.84 Å². The van der Waals surface area contributed by atoms with Gasteiger partial charge in [0, 0.05) is 5.25 Å². The molecule has 6 nitrogen and oxygen atoms in total. The summed E-state index contributed by atoms with van der Waals surface area (Å²) >= 11 is 1.41. The zero-order chi connectivity index (χ0) is 10.2. The summed E-state index contributed by atoms with van der Waals surface area (Å²) in [5, 5.41) is 9.18. The number of sulfone groups is 1. The van der Waals surface area contributed by atoms with Crippen molar-refractivity contribution in [3.8, 4) is 0 Å². The molecule has 8 heteroatoms. The number of fused-ring (bicyclic) bond motifs is 1. The molecule has 1 fully saturated rings. The van der Waals surface area contributed by atoms with Gasteiger partial charge in [0.1, 0.15) is 6.73 Å². The van der Waals surface area contributed by atoms with Gasteiger partial charge in [-0.25, -0.2) is 13.8 Å². The molecule has 0 spiro atoms. The standard InChI is InChI=1S/C6H11N3O3S2/c10-3-7-9-6-8-4-1-14(11,12)2-5(4)13-6/h4-5,7,10H,1-3H2,(H,8,9)/t4-,5+/m0/s1. The molecule has 2 aliphatic heterocycles. The van der Waals surface area contributed by atoms with Crippen LogP contribution in [0.3, 0.4) is 0 Å². The summed E-state index contributed by atoms with van der Waals surface area (Å²) in [6, 6.07) is -0.118. The molecular formula is C6H11N3O3S2. The van der Waals surface area contributed by atoms with E-state index in [0.717, 1.165) is 0 Å². The minimum atomic E-state index is -2.87. The molecule has 0 aromatic heterocycles. The van der Waals surface area contributed by atoms with Gasteiger partial charge in [0.25, 0.3) is 0 Å². The van der Waals surface area contributed by atoms with Crippen LogP contribution in [0.1, 0.15) is 0 Å². The van der Waals surface area contributed by atoms with Crippen LogP contribution in [0.25, 0.3) is 0 Å². The molecule has 0 bridgehead atoms. The van der Waals surface area contributed by atoms with E-state index in [1.54, 1.807) is 0 Å². The van der Waals surface area contributed by atoms with Crippen molar-refractivity contribution in [1.29, 1.82) is 0 Å². The zero-order valence-corrected chi connectivity index (χ0v) is 8.94. The topological polar surface area (TPSA) is 90.8 Å². The average Bonchev–Trinajstić information content (AvgIpc) is 2.53. The van der Waals surface area contributed by atoms with Gasteiger partial charge in [-0.1, -0.05) is 11.8 Å². The van der Waals surface area contributed by atoms with Crippen LogP contribution >= 0.6 is 11.8 Å². The van der Waals surface area contributed by atoms with Crippen molar-refractivity contribution in [2.45, 2.75) is 11.3 Å². The Labute approximate surface area is 86.1 Å². The number of aliphatic hydroxyl groups excluding tert-OH is 1. The van der Waals surface area contributed by atoms with Gasteiger partial charge in [-0.05, 0) is 0 Å². The number of aliphatic hydroxyl groups is 1. The Morgan fingerprint density at radius 2 is 2.36 bits per heavy atom. The summed E-state index contributed by atoms with van der Waals surface area (Å²) in [7, 11) is -2.87. The minimum absolute atomic E-state index is 0.0444. The Morgan fingerprint density at radius 1 is 1.57 bits per heavy atom. The van der Waals surface area contributed by atoms with Crippen molar-refractivity contribution in [1.82, 2.24) is 10.9 Å². The number of thioether (sulfide) groups is 1. The first kappa shape index (κ1) is 10.2. The van der Waals surface area contributed by atoms with E-state index < -0.39 is 9.84 Å². The highest BCUT2D eigenvalue weighted by Gasteiger charge is 2.42. The summed E-state index contributed by atoms with van der Waals surface area (Å²) in [5.41, 5.74) is 5.21. The van der Waals surface area contributed by atoms with Crippen LogP contribution in [0.2, 0.25) is 0 Å². The number of hydrogen-bond acceptors (Lipinski definition) is 7. The van der Waals surface area contributed by atoms with E-state index in [9.17, 15) is 8.42 Å². The van der Waals surface area contributed by atoms with Crippen molar-refractivity contribution < 1.29 is 13.5 Å². The van der Waals surface area contributed by atoms with Gasteiger partial charge in [0.2, 0.25) is 0 Å². The first-order chi connectivity index (χ1) is 6.61. The molecule has 1 saturated heterocycles. The number of nitrogens with zero attached hydrogens (tertiary/aromatic N) is 1. The predicted molar refractivity (Wildman–Crippen MR) is 54.6 cm³/mol. The fourth-order valence-corrected chi connectivity index (χ4v) is 5.16. The summed E-state index contributed by atoms with van der Waals surface area (Å²) < 4.78 is 22.4. The lowest BCUT2D eigenvalue weighted by Crippen LogP contribution is -2.36. The third-order valence-electron chi connectivity index (χ3n) is 2.09. The fourth-order valence-electron chi connectivity index (χ4n) is 1.53. The molecule has 0 saturated carbocycles. The first-order valence-electron chi connectivity index (χ1n) is 4.15. The number of rotatable bonds is 2. The Hall–Kier alpha value is -0.310. The van der Waals surface area contributed by atoms with E-state index in [1.165, 1.54) is 11.8 Å². The molecular weight excluding hydrogens is 226 g/mol.